The fourth-order valence-electron chi connectivity index (χ4n) is 0.838. The van der Waals surface area contributed by atoms with Crippen LogP contribution in [0.25, 0.3) is 0 Å². The number of hydrogen-bond acceptors (Lipinski definition) is 2. The second-order valence-electron chi connectivity index (χ2n) is 3.03. The zero-order valence-electron chi connectivity index (χ0n) is 6.52. The van der Waals surface area contributed by atoms with Crippen molar-refractivity contribution >= 4 is 0 Å². The van der Waals surface area contributed by atoms with E-state index in [1.54, 1.807) is 0 Å². The minimum absolute atomic E-state index is 0.0972. The van der Waals surface area contributed by atoms with Crippen LogP contribution in [0, 0.1) is 0 Å². The van der Waals surface area contributed by atoms with Gasteiger partial charge in [0.2, 0.25) is 0 Å². The highest BCUT2D eigenvalue weighted by Crippen LogP contribution is 2.14. The van der Waals surface area contributed by atoms with Crippen LogP contribution in [0.15, 0.2) is 0 Å². The standard InChI is InChI=1S/C7H17NO/c1-4-7(3,9)5-6(2)8/h6,9H,4-5,8H2,1-3H3. The topological polar surface area (TPSA) is 46.2 Å². The Hall–Kier alpha value is -0.0800. The summed E-state index contributed by atoms with van der Waals surface area (Å²) in [6, 6.07) is 0.0972. The molecular weight excluding hydrogens is 114 g/mol. The van der Waals surface area contributed by atoms with Gasteiger partial charge < -0.3 is 10.8 Å². The molecule has 0 aliphatic rings. The van der Waals surface area contributed by atoms with Crippen LogP contribution in [0.3, 0.4) is 0 Å². The van der Waals surface area contributed by atoms with Crippen LogP contribution in [0.1, 0.15) is 33.6 Å². The molecule has 2 heteroatoms. The van der Waals surface area contributed by atoms with Gasteiger partial charge in [0.15, 0.2) is 0 Å². The van der Waals surface area contributed by atoms with E-state index in [-0.39, 0.29) is 6.04 Å². The van der Waals surface area contributed by atoms with Crippen molar-refractivity contribution in [2.75, 3.05) is 0 Å². The van der Waals surface area contributed by atoms with Gasteiger partial charge in [-0.25, -0.2) is 0 Å². The molecule has 0 aliphatic carbocycles. The Labute approximate surface area is 57.1 Å². The molecule has 2 unspecified atom stereocenters. The Kier molecular flexibility index (Phi) is 3.15. The molecule has 0 amide bonds. The van der Waals surface area contributed by atoms with Gasteiger partial charge in [0.05, 0.1) is 5.60 Å². The molecule has 0 aliphatic heterocycles. The molecular formula is C7H17NO. The molecule has 9 heavy (non-hydrogen) atoms. The Bertz CT molecular complexity index is 79.0. The van der Waals surface area contributed by atoms with E-state index in [0.717, 1.165) is 6.42 Å². The highest BCUT2D eigenvalue weighted by molar-refractivity contribution is 4.74. The minimum atomic E-state index is -0.561. The third-order valence-corrected chi connectivity index (χ3v) is 1.52. The first kappa shape index (κ1) is 8.92. The van der Waals surface area contributed by atoms with Crippen LogP contribution >= 0.6 is 0 Å². The molecule has 0 bridgehead atoms. The van der Waals surface area contributed by atoms with E-state index in [1.807, 2.05) is 20.8 Å². The van der Waals surface area contributed by atoms with Crippen molar-refractivity contribution in [1.82, 2.24) is 0 Å². The van der Waals surface area contributed by atoms with E-state index in [9.17, 15) is 5.11 Å². The second kappa shape index (κ2) is 3.18. The van der Waals surface area contributed by atoms with Gasteiger partial charge in [0, 0.05) is 6.04 Å². The molecule has 0 spiro atoms. The fraction of sp³-hybridized carbons (Fsp3) is 1.00. The lowest BCUT2D eigenvalue weighted by atomic mass is 9.96. The Morgan fingerprint density at radius 3 is 2.22 bits per heavy atom. The lowest BCUT2D eigenvalue weighted by Gasteiger charge is -2.22. The van der Waals surface area contributed by atoms with E-state index in [0.29, 0.717) is 6.42 Å². The minimum Gasteiger partial charge on any atom is -0.390 e. The molecule has 56 valence electrons. The Morgan fingerprint density at radius 2 is 2.11 bits per heavy atom. The third-order valence-electron chi connectivity index (χ3n) is 1.52. The van der Waals surface area contributed by atoms with Gasteiger partial charge in [-0.05, 0) is 26.7 Å². The van der Waals surface area contributed by atoms with Crippen LogP contribution in [-0.2, 0) is 0 Å². The van der Waals surface area contributed by atoms with Crippen LogP contribution in [-0.4, -0.2) is 16.7 Å². The van der Waals surface area contributed by atoms with Gasteiger partial charge >= 0.3 is 0 Å². The maximum atomic E-state index is 9.41. The highest BCUT2D eigenvalue weighted by Gasteiger charge is 2.18. The molecule has 0 aromatic rings. The quantitative estimate of drug-likeness (QED) is 0.597. The van der Waals surface area contributed by atoms with Crippen molar-refractivity contribution in [2.45, 2.75) is 45.3 Å². The van der Waals surface area contributed by atoms with E-state index < -0.39 is 5.60 Å². The summed E-state index contributed by atoms with van der Waals surface area (Å²) in [4.78, 5) is 0. The van der Waals surface area contributed by atoms with Gasteiger partial charge in [-0.3, -0.25) is 0 Å². The average Bonchev–Trinajstić information content (AvgIpc) is 1.63. The fourth-order valence-corrected chi connectivity index (χ4v) is 0.838. The first-order valence-electron chi connectivity index (χ1n) is 3.46. The molecule has 0 heterocycles. The Balaban J connectivity index is 3.58. The zero-order chi connectivity index (χ0) is 7.49. The predicted molar refractivity (Wildman–Crippen MR) is 39.2 cm³/mol. The largest absolute Gasteiger partial charge is 0.390 e. The van der Waals surface area contributed by atoms with Crippen molar-refractivity contribution in [3.05, 3.63) is 0 Å². The molecule has 2 atom stereocenters. The van der Waals surface area contributed by atoms with Gasteiger partial charge in [-0.2, -0.15) is 0 Å². The molecule has 0 radical (unpaired) electrons. The van der Waals surface area contributed by atoms with Gasteiger partial charge in [0.1, 0.15) is 0 Å². The number of nitrogens with two attached hydrogens (primary N) is 1. The normalized spacial score (nSPS) is 21.0. The van der Waals surface area contributed by atoms with Gasteiger partial charge in [-0.1, -0.05) is 6.92 Å². The molecule has 0 rings (SSSR count). The summed E-state index contributed by atoms with van der Waals surface area (Å²) in [6.07, 6.45) is 1.46. The summed E-state index contributed by atoms with van der Waals surface area (Å²) >= 11 is 0. The van der Waals surface area contributed by atoms with Gasteiger partial charge in [0.25, 0.3) is 0 Å². The summed E-state index contributed by atoms with van der Waals surface area (Å²) in [5.41, 5.74) is 4.93. The first-order valence-corrected chi connectivity index (χ1v) is 3.46. The number of hydrogen-bond donors (Lipinski definition) is 2. The monoisotopic (exact) mass is 131 g/mol. The van der Waals surface area contributed by atoms with E-state index in [1.165, 1.54) is 0 Å². The van der Waals surface area contributed by atoms with Crippen molar-refractivity contribution in [3.63, 3.8) is 0 Å². The highest BCUT2D eigenvalue weighted by atomic mass is 16.3. The lowest BCUT2D eigenvalue weighted by Crippen LogP contribution is -2.31. The van der Waals surface area contributed by atoms with Crippen LogP contribution in [0.4, 0.5) is 0 Å². The van der Waals surface area contributed by atoms with Gasteiger partial charge in [-0.15, -0.1) is 0 Å². The maximum Gasteiger partial charge on any atom is 0.0631 e. The second-order valence-corrected chi connectivity index (χ2v) is 3.03. The van der Waals surface area contributed by atoms with Crippen LogP contribution in [0.2, 0.25) is 0 Å². The van der Waals surface area contributed by atoms with Crippen molar-refractivity contribution in [3.8, 4) is 0 Å². The Morgan fingerprint density at radius 1 is 1.67 bits per heavy atom. The number of aliphatic hydroxyl groups is 1. The lowest BCUT2D eigenvalue weighted by molar-refractivity contribution is 0.0418. The maximum absolute atomic E-state index is 9.41. The van der Waals surface area contributed by atoms with E-state index >= 15 is 0 Å². The van der Waals surface area contributed by atoms with Crippen molar-refractivity contribution in [2.24, 2.45) is 5.73 Å². The molecule has 0 aromatic carbocycles. The summed E-state index contributed by atoms with van der Waals surface area (Å²) in [6.45, 7) is 5.68. The first-order chi connectivity index (χ1) is 3.98. The summed E-state index contributed by atoms with van der Waals surface area (Å²) < 4.78 is 0. The van der Waals surface area contributed by atoms with Crippen molar-refractivity contribution in [1.29, 1.82) is 0 Å². The smallest absolute Gasteiger partial charge is 0.0631 e. The molecule has 3 N–H and O–H groups in total. The van der Waals surface area contributed by atoms with Crippen LogP contribution < -0.4 is 5.73 Å². The summed E-state index contributed by atoms with van der Waals surface area (Å²) in [5.74, 6) is 0. The molecule has 0 saturated carbocycles. The van der Waals surface area contributed by atoms with Crippen LogP contribution in [0.5, 0.6) is 0 Å². The zero-order valence-corrected chi connectivity index (χ0v) is 6.52. The summed E-state index contributed by atoms with van der Waals surface area (Å²) in [5, 5.41) is 9.41. The van der Waals surface area contributed by atoms with E-state index in [4.69, 9.17) is 5.73 Å². The summed E-state index contributed by atoms with van der Waals surface area (Å²) in [7, 11) is 0. The third kappa shape index (κ3) is 4.43. The molecule has 0 saturated heterocycles. The number of rotatable bonds is 3. The van der Waals surface area contributed by atoms with Crippen molar-refractivity contribution < 1.29 is 5.11 Å². The van der Waals surface area contributed by atoms with E-state index in [2.05, 4.69) is 0 Å². The molecule has 2 nitrogen and oxygen atoms in total. The molecule has 0 aromatic heterocycles. The average molecular weight is 131 g/mol. The predicted octanol–water partition coefficient (Wildman–Crippen LogP) is 0.885. The SMILES string of the molecule is CCC(C)(O)CC(C)N. The molecule has 0 fully saturated rings.